The summed E-state index contributed by atoms with van der Waals surface area (Å²) < 4.78 is 10.8. The van der Waals surface area contributed by atoms with E-state index in [4.69, 9.17) is 14.3 Å². The van der Waals surface area contributed by atoms with E-state index in [2.05, 4.69) is 4.98 Å². The molecule has 0 amide bonds. The van der Waals surface area contributed by atoms with Crippen LogP contribution in [0.15, 0.2) is 28.9 Å². The Kier molecular flexibility index (Phi) is 3.85. The van der Waals surface area contributed by atoms with Crippen molar-refractivity contribution in [3.63, 3.8) is 0 Å². The quantitative estimate of drug-likeness (QED) is 0.895. The van der Waals surface area contributed by atoms with Crippen molar-refractivity contribution < 1.29 is 19.1 Å². The molecule has 0 spiro atoms. The van der Waals surface area contributed by atoms with Crippen LogP contribution >= 0.6 is 0 Å². The van der Waals surface area contributed by atoms with E-state index in [1.807, 2.05) is 32.0 Å². The first-order chi connectivity index (χ1) is 9.06. The molecule has 0 atom stereocenters. The lowest BCUT2D eigenvalue weighted by Crippen LogP contribution is -2.02. The van der Waals surface area contributed by atoms with E-state index in [1.165, 1.54) is 6.26 Å². The summed E-state index contributed by atoms with van der Waals surface area (Å²) in [4.78, 5) is 14.6. The monoisotopic (exact) mass is 261 g/mol. The molecule has 0 unspecified atom stereocenters. The van der Waals surface area contributed by atoms with Crippen molar-refractivity contribution in [1.82, 2.24) is 4.98 Å². The molecule has 1 aromatic heterocycles. The molecular weight excluding hydrogens is 246 g/mol. The minimum atomic E-state index is -0.935. The lowest BCUT2D eigenvalue weighted by molar-refractivity contribution is -0.136. The minimum absolute atomic E-state index is 0.146. The van der Waals surface area contributed by atoms with Crippen LogP contribution in [0.1, 0.15) is 22.7 Å². The Bertz CT molecular complexity index is 589. The van der Waals surface area contributed by atoms with Crippen LogP contribution in [-0.4, -0.2) is 16.1 Å². The molecule has 19 heavy (non-hydrogen) atoms. The van der Waals surface area contributed by atoms with Gasteiger partial charge in [0.15, 0.2) is 6.61 Å². The normalized spacial score (nSPS) is 10.4. The highest BCUT2D eigenvalue weighted by atomic mass is 16.5. The summed E-state index contributed by atoms with van der Waals surface area (Å²) in [6.45, 7) is 4.18. The van der Waals surface area contributed by atoms with E-state index >= 15 is 0 Å². The fourth-order valence-corrected chi connectivity index (χ4v) is 1.67. The average molecular weight is 261 g/mol. The fraction of sp³-hybridized carbons (Fsp3) is 0.286. The lowest BCUT2D eigenvalue weighted by Gasteiger charge is -2.08. The molecule has 5 heteroatoms. The summed E-state index contributed by atoms with van der Waals surface area (Å²) in [6.07, 6.45) is 1.20. The van der Waals surface area contributed by atoms with E-state index in [9.17, 15) is 4.79 Å². The predicted molar refractivity (Wildman–Crippen MR) is 68.1 cm³/mol. The van der Waals surface area contributed by atoms with Crippen molar-refractivity contribution in [1.29, 1.82) is 0 Å². The summed E-state index contributed by atoms with van der Waals surface area (Å²) in [5.41, 5.74) is 2.61. The second-order valence-corrected chi connectivity index (χ2v) is 4.29. The molecular formula is C14H15NO4. The van der Waals surface area contributed by atoms with Crippen molar-refractivity contribution in [2.75, 3.05) is 0 Å². The number of aromatic nitrogens is 1. The van der Waals surface area contributed by atoms with Crippen LogP contribution in [0.25, 0.3) is 0 Å². The summed E-state index contributed by atoms with van der Waals surface area (Å²) in [6, 6.07) is 5.81. The Labute approximate surface area is 110 Å². The van der Waals surface area contributed by atoms with Gasteiger partial charge < -0.3 is 14.3 Å². The zero-order valence-electron chi connectivity index (χ0n) is 10.8. The third kappa shape index (κ3) is 3.34. The number of carboxylic acid groups (broad SMARTS) is 1. The number of carbonyl (C=O) groups is 1. The van der Waals surface area contributed by atoms with E-state index in [1.54, 1.807) is 0 Å². The van der Waals surface area contributed by atoms with Gasteiger partial charge in [0.25, 0.3) is 0 Å². The molecule has 0 aliphatic rings. The van der Waals surface area contributed by atoms with Crippen LogP contribution in [0, 0.1) is 13.8 Å². The standard InChI is InChI=1S/C14H15NO4/c1-9-4-3-5-12(10(9)2)18-8-13-15-11(7-19-13)6-14(16)17/h3-5,7H,6,8H2,1-2H3,(H,16,17). The lowest BCUT2D eigenvalue weighted by atomic mass is 10.1. The highest BCUT2D eigenvalue weighted by Gasteiger charge is 2.09. The van der Waals surface area contributed by atoms with Crippen LogP contribution in [0.4, 0.5) is 0 Å². The van der Waals surface area contributed by atoms with Crippen molar-refractivity contribution in [3.05, 3.63) is 47.2 Å². The van der Waals surface area contributed by atoms with Crippen molar-refractivity contribution >= 4 is 5.97 Å². The first-order valence-electron chi connectivity index (χ1n) is 5.90. The van der Waals surface area contributed by atoms with Gasteiger partial charge in [-0.25, -0.2) is 4.98 Å². The van der Waals surface area contributed by atoms with Gasteiger partial charge in [0.1, 0.15) is 12.0 Å². The van der Waals surface area contributed by atoms with Crippen molar-refractivity contribution in [3.8, 4) is 5.75 Å². The number of oxazole rings is 1. The van der Waals surface area contributed by atoms with Gasteiger partial charge >= 0.3 is 5.97 Å². The Morgan fingerprint density at radius 2 is 2.21 bits per heavy atom. The maximum absolute atomic E-state index is 10.5. The zero-order valence-corrected chi connectivity index (χ0v) is 10.8. The second-order valence-electron chi connectivity index (χ2n) is 4.29. The number of benzene rings is 1. The van der Waals surface area contributed by atoms with Gasteiger partial charge in [0.2, 0.25) is 5.89 Å². The van der Waals surface area contributed by atoms with E-state index in [0.29, 0.717) is 11.6 Å². The molecule has 1 aromatic carbocycles. The summed E-state index contributed by atoms with van der Waals surface area (Å²) in [7, 11) is 0. The van der Waals surface area contributed by atoms with Crippen LogP contribution in [0.3, 0.4) is 0 Å². The Hall–Kier alpha value is -2.30. The van der Waals surface area contributed by atoms with Crippen LogP contribution in [-0.2, 0) is 17.8 Å². The molecule has 100 valence electrons. The molecule has 2 rings (SSSR count). The molecule has 0 aliphatic carbocycles. The van der Waals surface area contributed by atoms with Crippen molar-refractivity contribution in [2.45, 2.75) is 26.9 Å². The van der Waals surface area contributed by atoms with E-state index in [-0.39, 0.29) is 13.0 Å². The van der Waals surface area contributed by atoms with Gasteiger partial charge in [0.05, 0.1) is 12.1 Å². The smallest absolute Gasteiger partial charge is 0.309 e. The van der Waals surface area contributed by atoms with Gasteiger partial charge in [-0.3, -0.25) is 4.79 Å². The van der Waals surface area contributed by atoms with Crippen LogP contribution in [0.5, 0.6) is 5.75 Å². The maximum atomic E-state index is 10.5. The highest BCUT2D eigenvalue weighted by Crippen LogP contribution is 2.21. The highest BCUT2D eigenvalue weighted by molar-refractivity contribution is 5.69. The fourth-order valence-electron chi connectivity index (χ4n) is 1.67. The number of aryl methyl sites for hydroxylation is 1. The Morgan fingerprint density at radius 1 is 1.42 bits per heavy atom. The first kappa shape index (κ1) is 13.1. The molecule has 0 bridgehead atoms. The summed E-state index contributed by atoms with van der Waals surface area (Å²) in [5, 5.41) is 8.64. The van der Waals surface area contributed by atoms with Gasteiger partial charge in [0, 0.05) is 0 Å². The number of nitrogens with zero attached hydrogens (tertiary/aromatic N) is 1. The number of ether oxygens (including phenoxy) is 1. The van der Waals surface area contributed by atoms with Crippen LogP contribution < -0.4 is 4.74 Å². The largest absolute Gasteiger partial charge is 0.484 e. The Balaban J connectivity index is 2.00. The second kappa shape index (κ2) is 5.56. The number of hydrogen-bond donors (Lipinski definition) is 1. The molecule has 0 aliphatic heterocycles. The molecule has 0 saturated heterocycles. The zero-order chi connectivity index (χ0) is 13.8. The average Bonchev–Trinajstić information content (AvgIpc) is 2.78. The third-order valence-electron chi connectivity index (χ3n) is 2.84. The summed E-state index contributed by atoms with van der Waals surface area (Å²) >= 11 is 0. The SMILES string of the molecule is Cc1cccc(OCc2nc(CC(=O)O)co2)c1C. The number of carboxylic acids is 1. The molecule has 5 nitrogen and oxygen atoms in total. The van der Waals surface area contributed by atoms with Crippen molar-refractivity contribution in [2.24, 2.45) is 0 Å². The van der Waals surface area contributed by atoms with E-state index < -0.39 is 5.97 Å². The first-order valence-corrected chi connectivity index (χ1v) is 5.90. The summed E-state index contributed by atoms with van der Waals surface area (Å²) in [5.74, 6) is 0.213. The van der Waals surface area contributed by atoms with Gasteiger partial charge in [-0.1, -0.05) is 12.1 Å². The topological polar surface area (TPSA) is 72.6 Å². The predicted octanol–water partition coefficient (Wildman–Crippen LogP) is 2.50. The molecule has 1 heterocycles. The Morgan fingerprint density at radius 3 is 2.95 bits per heavy atom. The van der Waals surface area contributed by atoms with Crippen LogP contribution in [0.2, 0.25) is 0 Å². The van der Waals surface area contributed by atoms with Gasteiger partial charge in [-0.2, -0.15) is 0 Å². The molecule has 2 aromatic rings. The molecule has 0 saturated carbocycles. The number of aliphatic carboxylic acids is 1. The van der Waals surface area contributed by atoms with Gasteiger partial charge in [-0.05, 0) is 31.0 Å². The molecule has 1 N–H and O–H groups in total. The van der Waals surface area contributed by atoms with E-state index in [0.717, 1.165) is 16.9 Å². The number of hydrogen-bond acceptors (Lipinski definition) is 4. The van der Waals surface area contributed by atoms with Gasteiger partial charge in [-0.15, -0.1) is 0 Å². The molecule has 0 radical (unpaired) electrons. The maximum Gasteiger partial charge on any atom is 0.309 e. The molecule has 0 fully saturated rings. The number of rotatable bonds is 5. The minimum Gasteiger partial charge on any atom is -0.484 e. The third-order valence-corrected chi connectivity index (χ3v) is 2.84.